The molecule has 0 aromatic heterocycles. The molecule has 8 heteroatoms. The summed E-state index contributed by atoms with van der Waals surface area (Å²) >= 11 is 0. The van der Waals surface area contributed by atoms with Crippen LogP contribution in [0.3, 0.4) is 0 Å². The van der Waals surface area contributed by atoms with Gasteiger partial charge >= 0.3 is 18.0 Å². The van der Waals surface area contributed by atoms with Crippen LogP contribution in [-0.4, -0.2) is 59.1 Å². The van der Waals surface area contributed by atoms with Gasteiger partial charge < -0.3 is 24.6 Å². The average molecular weight is 249 g/mol. The van der Waals surface area contributed by atoms with Crippen molar-refractivity contribution < 1.29 is 34.1 Å². The molecule has 0 heterocycles. The van der Waals surface area contributed by atoms with Gasteiger partial charge in [-0.2, -0.15) is 0 Å². The third kappa shape index (κ3) is 6.36. The summed E-state index contributed by atoms with van der Waals surface area (Å²) in [6.07, 6.45) is -3.68. The van der Waals surface area contributed by atoms with Crippen LogP contribution in [0.25, 0.3) is 0 Å². The minimum atomic E-state index is -1.70. The Balaban J connectivity index is 4.13. The van der Waals surface area contributed by atoms with Crippen LogP contribution >= 0.6 is 0 Å². The Bertz CT molecular complexity index is 304. The summed E-state index contributed by atoms with van der Waals surface area (Å²) in [5, 5.41) is 17.4. The topological polar surface area (TPSA) is 113 Å². The maximum Gasteiger partial charge on any atom is 0.412 e. The third-order valence-electron chi connectivity index (χ3n) is 1.64. The lowest BCUT2D eigenvalue weighted by Crippen LogP contribution is -2.39. The number of carboxylic acids is 1. The number of aliphatic hydroxyl groups is 1. The number of likely N-dealkylation sites (N-methyl/N-ethyl adjacent to an activating group) is 1. The number of amides is 1. The summed E-state index contributed by atoms with van der Waals surface area (Å²) in [6.45, 7) is 2.06. The zero-order valence-electron chi connectivity index (χ0n) is 9.74. The van der Waals surface area contributed by atoms with Crippen LogP contribution in [-0.2, 0) is 19.1 Å². The van der Waals surface area contributed by atoms with E-state index >= 15 is 0 Å². The van der Waals surface area contributed by atoms with Crippen molar-refractivity contribution in [2.24, 2.45) is 0 Å². The summed E-state index contributed by atoms with van der Waals surface area (Å²) in [7, 11) is 1.25. The first-order valence-electron chi connectivity index (χ1n) is 4.74. The SMILES string of the molecule is CC(=O)OC(C)OC(=O)N(C)CC(O)C(=O)O. The zero-order chi connectivity index (χ0) is 13.6. The number of esters is 1. The highest BCUT2D eigenvalue weighted by Crippen LogP contribution is 2.00. The molecule has 0 fully saturated rings. The van der Waals surface area contributed by atoms with Crippen LogP contribution in [0.1, 0.15) is 13.8 Å². The Labute approximate surface area is 97.7 Å². The summed E-state index contributed by atoms with van der Waals surface area (Å²) in [6, 6.07) is 0. The summed E-state index contributed by atoms with van der Waals surface area (Å²) in [5.74, 6) is -2.06. The van der Waals surface area contributed by atoms with Crippen LogP contribution in [0, 0.1) is 0 Å². The molecule has 2 N–H and O–H groups in total. The first-order chi connectivity index (χ1) is 7.73. The first kappa shape index (κ1) is 15.2. The van der Waals surface area contributed by atoms with Crippen molar-refractivity contribution in [2.45, 2.75) is 26.2 Å². The van der Waals surface area contributed by atoms with Gasteiger partial charge in [0.1, 0.15) is 0 Å². The molecular weight excluding hydrogens is 234 g/mol. The fourth-order valence-corrected chi connectivity index (χ4v) is 0.902. The molecule has 2 unspecified atom stereocenters. The first-order valence-corrected chi connectivity index (χ1v) is 4.74. The van der Waals surface area contributed by atoms with E-state index in [0.717, 1.165) is 11.8 Å². The second-order valence-corrected chi connectivity index (χ2v) is 3.30. The number of aliphatic hydroxyl groups excluding tert-OH is 1. The van der Waals surface area contributed by atoms with E-state index in [-0.39, 0.29) is 0 Å². The summed E-state index contributed by atoms with van der Waals surface area (Å²) < 4.78 is 9.18. The van der Waals surface area contributed by atoms with Crippen molar-refractivity contribution in [3.8, 4) is 0 Å². The molecule has 0 spiro atoms. The molecule has 1 amide bonds. The molecule has 0 saturated heterocycles. The van der Waals surface area contributed by atoms with E-state index in [0.29, 0.717) is 0 Å². The van der Waals surface area contributed by atoms with E-state index in [4.69, 9.17) is 10.2 Å². The predicted octanol–water partition coefficient (Wildman–Crippen LogP) is -0.591. The predicted molar refractivity (Wildman–Crippen MR) is 54.0 cm³/mol. The number of rotatable bonds is 5. The van der Waals surface area contributed by atoms with Crippen molar-refractivity contribution in [1.82, 2.24) is 4.90 Å². The van der Waals surface area contributed by atoms with Gasteiger partial charge in [0.15, 0.2) is 6.10 Å². The van der Waals surface area contributed by atoms with Crippen molar-refractivity contribution >= 4 is 18.0 Å². The molecule has 8 nitrogen and oxygen atoms in total. The van der Waals surface area contributed by atoms with Gasteiger partial charge in [0.25, 0.3) is 0 Å². The Morgan fingerprint density at radius 1 is 1.29 bits per heavy atom. The largest absolute Gasteiger partial charge is 0.479 e. The van der Waals surface area contributed by atoms with Gasteiger partial charge in [-0.15, -0.1) is 0 Å². The molecule has 0 aliphatic heterocycles. The molecule has 0 bridgehead atoms. The van der Waals surface area contributed by atoms with Crippen LogP contribution in [0.4, 0.5) is 4.79 Å². The molecule has 0 aromatic carbocycles. The van der Waals surface area contributed by atoms with E-state index in [1.807, 2.05) is 0 Å². The van der Waals surface area contributed by atoms with Gasteiger partial charge in [-0.25, -0.2) is 9.59 Å². The Morgan fingerprint density at radius 2 is 1.82 bits per heavy atom. The molecule has 0 aliphatic carbocycles. The summed E-state index contributed by atoms with van der Waals surface area (Å²) in [5.41, 5.74) is 0. The third-order valence-corrected chi connectivity index (χ3v) is 1.64. The maximum absolute atomic E-state index is 11.3. The van der Waals surface area contributed by atoms with Crippen molar-refractivity contribution in [3.63, 3.8) is 0 Å². The van der Waals surface area contributed by atoms with Crippen LogP contribution in [0.5, 0.6) is 0 Å². The fraction of sp³-hybridized carbons (Fsp3) is 0.667. The molecule has 98 valence electrons. The minimum Gasteiger partial charge on any atom is -0.479 e. The molecule has 0 saturated carbocycles. The number of aliphatic carboxylic acids is 1. The fourth-order valence-electron chi connectivity index (χ4n) is 0.902. The Kier molecular flexibility index (Phi) is 5.97. The van der Waals surface area contributed by atoms with Gasteiger partial charge in [0, 0.05) is 20.9 Å². The summed E-state index contributed by atoms with van der Waals surface area (Å²) in [4.78, 5) is 33.0. The van der Waals surface area contributed by atoms with Crippen molar-refractivity contribution in [2.75, 3.05) is 13.6 Å². The Hall–Kier alpha value is -1.83. The van der Waals surface area contributed by atoms with Gasteiger partial charge in [0.2, 0.25) is 6.29 Å². The highest BCUT2D eigenvalue weighted by molar-refractivity contribution is 5.74. The number of hydrogen-bond donors (Lipinski definition) is 2. The van der Waals surface area contributed by atoms with Gasteiger partial charge in [-0.05, 0) is 0 Å². The van der Waals surface area contributed by atoms with Crippen LogP contribution in [0.2, 0.25) is 0 Å². The van der Waals surface area contributed by atoms with Crippen LogP contribution < -0.4 is 0 Å². The highest BCUT2D eigenvalue weighted by atomic mass is 16.7. The number of carboxylic acid groups (broad SMARTS) is 1. The number of carbonyl (C=O) groups is 3. The molecule has 17 heavy (non-hydrogen) atoms. The highest BCUT2D eigenvalue weighted by Gasteiger charge is 2.21. The second-order valence-electron chi connectivity index (χ2n) is 3.30. The van der Waals surface area contributed by atoms with E-state index < -0.39 is 37.0 Å². The number of carbonyl (C=O) groups excluding carboxylic acids is 2. The Morgan fingerprint density at radius 3 is 2.24 bits per heavy atom. The molecular formula is C9H15NO7. The zero-order valence-corrected chi connectivity index (χ0v) is 9.74. The van der Waals surface area contributed by atoms with Gasteiger partial charge in [-0.3, -0.25) is 4.79 Å². The monoisotopic (exact) mass is 249 g/mol. The lowest BCUT2D eigenvalue weighted by molar-refractivity contribution is -0.163. The van der Waals surface area contributed by atoms with Gasteiger partial charge in [-0.1, -0.05) is 0 Å². The molecule has 2 atom stereocenters. The van der Waals surface area contributed by atoms with Crippen LogP contribution in [0.15, 0.2) is 0 Å². The standard InChI is InChI=1S/C9H15NO7/c1-5(11)16-6(2)17-9(15)10(3)4-7(12)8(13)14/h6-7,12H,4H2,1-3H3,(H,13,14). The van der Waals surface area contributed by atoms with E-state index in [2.05, 4.69) is 9.47 Å². The number of hydrogen-bond acceptors (Lipinski definition) is 6. The normalized spacial score (nSPS) is 13.4. The second kappa shape index (κ2) is 6.69. The molecule has 0 radical (unpaired) electrons. The van der Waals surface area contributed by atoms with Gasteiger partial charge in [0.05, 0.1) is 6.54 Å². The maximum atomic E-state index is 11.3. The van der Waals surface area contributed by atoms with E-state index in [1.54, 1.807) is 0 Å². The lowest BCUT2D eigenvalue weighted by atomic mass is 10.3. The number of ether oxygens (including phenoxy) is 2. The smallest absolute Gasteiger partial charge is 0.412 e. The molecule has 0 rings (SSSR count). The number of nitrogens with zero attached hydrogens (tertiary/aromatic N) is 1. The minimum absolute atomic E-state index is 0.430. The van der Waals surface area contributed by atoms with Crippen molar-refractivity contribution in [3.05, 3.63) is 0 Å². The van der Waals surface area contributed by atoms with Crippen molar-refractivity contribution in [1.29, 1.82) is 0 Å². The average Bonchev–Trinajstić information content (AvgIpc) is 2.15. The van der Waals surface area contributed by atoms with E-state index in [1.165, 1.54) is 14.0 Å². The quantitative estimate of drug-likeness (QED) is 0.494. The lowest BCUT2D eigenvalue weighted by Gasteiger charge is -2.20. The molecule has 0 aromatic rings. The molecule has 0 aliphatic rings. The van der Waals surface area contributed by atoms with E-state index in [9.17, 15) is 14.4 Å².